The number of halogens is 1. The van der Waals surface area contributed by atoms with Gasteiger partial charge in [-0.05, 0) is 30.3 Å². The van der Waals surface area contributed by atoms with E-state index in [-0.39, 0.29) is 30.8 Å². The molecule has 0 fully saturated rings. The van der Waals surface area contributed by atoms with Crippen molar-refractivity contribution < 1.29 is 24.0 Å². The van der Waals surface area contributed by atoms with Crippen LogP contribution in [-0.2, 0) is 4.79 Å². The minimum Gasteiger partial charge on any atom is -0.495 e. The first-order valence-corrected chi connectivity index (χ1v) is 9.18. The van der Waals surface area contributed by atoms with Crippen molar-refractivity contribution in [1.82, 2.24) is 4.90 Å². The Kier molecular flexibility index (Phi) is 5.96. The molecule has 2 aromatic rings. The van der Waals surface area contributed by atoms with Crippen LogP contribution in [0.1, 0.15) is 20.7 Å². The summed E-state index contributed by atoms with van der Waals surface area (Å²) in [6.45, 7) is 0.857. The molecule has 2 N–H and O–H groups in total. The summed E-state index contributed by atoms with van der Waals surface area (Å²) in [5.41, 5.74) is 1.35. The second-order valence-electron chi connectivity index (χ2n) is 6.58. The van der Waals surface area contributed by atoms with Gasteiger partial charge in [-0.25, -0.2) is 0 Å². The maximum absolute atomic E-state index is 12.4. The van der Waals surface area contributed by atoms with Gasteiger partial charge in [0.1, 0.15) is 5.75 Å². The molecule has 1 heterocycles. The molecule has 1 aliphatic heterocycles. The highest BCUT2D eigenvalue weighted by Crippen LogP contribution is 2.27. The molecule has 1 unspecified atom stereocenters. The number of carbonyl (C=O) groups excluding carboxylic acids is 3. The lowest BCUT2D eigenvalue weighted by Gasteiger charge is -2.18. The van der Waals surface area contributed by atoms with Gasteiger partial charge in [0, 0.05) is 5.02 Å². The predicted molar refractivity (Wildman–Crippen MR) is 105 cm³/mol. The predicted octanol–water partition coefficient (Wildman–Crippen LogP) is 1.10. The molecule has 7 nitrogen and oxygen atoms in total. The minimum absolute atomic E-state index is 0.166. The number of benzene rings is 2. The zero-order valence-corrected chi connectivity index (χ0v) is 16.4. The van der Waals surface area contributed by atoms with E-state index in [1.54, 1.807) is 42.5 Å². The molecule has 3 amide bonds. The molecule has 2 aromatic carbocycles. The van der Waals surface area contributed by atoms with Crippen molar-refractivity contribution in [3.8, 4) is 5.75 Å². The van der Waals surface area contributed by atoms with Gasteiger partial charge in [-0.15, -0.1) is 0 Å². The second kappa shape index (κ2) is 8.41. The number of fused-ring (bicyclic) bond motifs is 1. The molecular formula is C20H21ClN3O4+. The van der Waals surface area contributed by atoms with Gasteiger partial charge >= 0.3 is 0 Å². The number of nitrogens with zero attached hydrogens (tertiary/aromatic N) is 1. The maximum atomic E-state index is 12.4. The number of methoxy groups -OCH3 is 1. The molecule has 0 aromatic heterocycles. The maximum Gasteiger partial charge on any atom is 0.279 e. The van der Waals surface area contributed by atoms with Crippen molar-refractivity contribution in [3.63, 3.8) is 0 Å². The van der Waals surface area contributed by atoms with E-state index in [0.717, 1.165) is 4.90 Å². The highest BCUT2D eigenvalue weighted by molar-refractivity contribution is 6.31. The number of likely N-dealkylation sites (N-methyl/N-ethyl adjacent to an activating group) is 1. The molecule has 0 saturated heterocycles. The Morgan fingerprint density at radius 3 is 2.39 bits per heavy atom. The number of hydrogen-bond donors (Lipinski definition) is 2. The van der Waals surface area contributed by atoms with Crippen LogP contribution < -0.4 is 15.0 Å². The lowest BCUT2D eigenvalue weighted by Crippen LogP contribution is -3.10. The highest BCUT2D eigenvalue weighted by atomic mass is 35.5. The number of ether oxygens (including phenoxy) is 1. The van der Waals surface area contributed by atoms with Crippen LogP contribution in [-0.4, -0.2) is 56.4 Å². The molecule has 28 heavy (non-hydrogen) atoms. The summed E-state index contributed by atoms with van der Waals surface area (Å²) < 4.78 is 5.21. The van der Waals surface area contributed by atoms with E-state index < -0.39 is 0 Å². The van der Waals surface area contributed by atoms with E-state index in [0.29, 0.717) is 34.1 Å². The van der Waals surface area contributed by atoms with Crippen molar-refractivity contribution in [1.29, 1.82) is 0 Å². The van der Waals surface area contributed by atoms with Crippen molar-refractivity contribution in [2.24, 2.45) is 0 Å². The Morgan fingerprint density at radius 1 is 1.14 bits per heavy atom. The fraction of sp³-hybridized carbons (Fsp3) is 0.250. The van der Waals surface area contributed by atoms with Crippen LogP contribution in [0.2, 0.25) is 5.02 Å². The smallest absolute Gasteiger partial charge is 0.279 e. The average Bonchev–Trinajstić information content (AvgIpc) is 2.91. The van der Waals surface area contributed by atoms with E-state index in [4.69, 9.17) is 16.3 Å². The number of nitrogens with one attached hydrogen (secondary N) is 2. The Balaban J connectivity index is 1.54. The zero-order chi connectivity index (χ0) is 20.3. The number of amides is 3. The van der Waals surface area contributed by atoms with Gasteiger partial charge in [0.25, 0.3) is 17.7 Å². The number of anilines is 1. The van der Waals surface area contributed by atoms with Crippen LogP contribution in [0.5, 0.6) is 5.75 Å². The SMILES string of the molecule is COc1ccc(Cl)cc1NC(=O)C[NH+](C)CCN1C(=O)c2ccccc2C1=O. The Bertz CT molecular complexity index is 896. The summed E-state index contributed by atoms with van der Waals surface area (Å²) in [5.74, 6) is -0.287. The zero-order valence-electron chi connectivity index (χ0n) is 15.6. The summed E-state index contributed by atoms with van der Waals surface area (Å²) >= 11 is 5.97. The Hall–Kier alpha value is -2.90. The third kappa shape index (κ3) is 4.16. The molecule has 0 bridgehead atoms. The van der Waals surface area contributed by atoms with Crippen molar-refractivity contribution >= 4 is 35.0 Å². The summed E-state index contributed by atoms with van der Waals surface area (Å²) in [5, 5.41) is 3.26. The first-order chi connectivity index (χ1) is 13.4. The monoisotopic (exact) mass is 402 g/mol. The first-order valence-electron chi connectivity index (χ1n) is 8.80. The third-order valence-electron chi connectivity index (χ3n) is 4.54. The van der Waals surface area contributed by atoms with Crippen LogP contribution in [0, 0.1) is 0 Å². The highest BCUT2D eigenvalue weighted by Gasteiger charge is 2.35. The number of imide groups is 1. The van der Waals surface area contributed by atoms with Crippen LogP contribution in [0.25, 0.3) is 0 Å². The molecule has 3 rings (SSSR count). The third-order valence-corrected chi connectivity index (χ3v) is 4.77. The fourth-order valence-electron chi connectivity index (χ4n) is 3.08. The van der Waals surface area contributed by atoms with E-state index in [2.05, 4.69) is 5.32 Å². The lowest BCUT2D eigenvalue weighted by atomic mass is 10.1. The summed E-state index contributed by atoms with van der Waals surface area (Å²) in [6.07, 6.45) is 0. The van der Waals surface area contributed by atoms with Crippen LogP contribution in [0.4, 0.5) is 5.69 Å². The molecule has 0 radical (unpaired) electrons. The quantitative estimate of drug-likeness (QED) is 0.680. The summed E-state index contributed by atoms with van der Waals surface area (Å²) in [4.78, 5) is 39.2. The van der Waals surface area contributed by atoms with Gasteiger partial charge in [-0.2, -0.15) is 0 Å². The van der Waals surface area contributed by atoms with Gasteiger partial charge in [0.2, 0.25) is 0 Å². The van der Waals surface area contributed by atoms with Crippen molar-refractivity contribution in [3.05, 3.63) is 58.6 Å². The summed E-state index contributed by atoms with van der Waals surface area (Å²) in [7, 11) is 3.34. The van der Waals surface area contributed by atoms with Gasteiger partial charge in [-0.3, -0.25) is 19.3 Å². The van der Waals surface area contributed by atoms with E-state index >= 15 is 0 Å². The molecule has 1 atom stereocenters. The van der Waals surface area contributed by atoms with Gasteiger partial charge in [0.15, 0.2) is 6.54 Å². The van der Waals surface area contributed by atoms with Gasteiger partial charge < -0.3 is 15.0 Å². The van der Waals surface area contributed by atoms with E-state index in [9.17, 15) is 14.4 Å². The number of carbonyl (C=O) groups is 3. The van der Waals surface area contributed by atoms with Gasteiger partial charge in [-0.1, -0.05) is 23.7 Å². The second-order valence-corrected chi connectivity index (χ2v) is 7.02. The normalized spacial score (nSPS) is 14.0. The van der Waals surface area contributed by atoms with Crippen LogP contribution in [0.3, 0.4) is 0 Å². The largest absolute Gasteiger partial charge is 0.495 e. The van der Waals surface area contributed by atoms with Crippen molar-refractivity contribution in [2.45, 2.75) is 0 Å². The molecule has 0 saturated carbocycles. The summed E-state index contributed by atoms with van der Waals surface area (Å²) in [6, 6.07) is 11.7. The fourth-order valence-corrected chi connectivity index (χ4v) is 3.25. The van der Waals surface area contributed by atoms with Crippen molar-refractivity contribution in [2.75, 3.05) is 39.1 Å². The Labute approximate surface area is 167 Å². The minimum atomic E-state index is -0.290. The van der Waals surface area contributed by atoms with Gasteiger partial charge in [0.05, 0.1) is 44.1 Å². The van der Waals surface area contributed by atoms with Crippen LogP contribution in [0.15, 0.2) is 42.5 Å². The number of hydrogen-bond acceptors (Lipinski definition) is 4. The first kappa shape index (κ1) is 19.9. The van der Waals surface area contributed by atoms with E-state index in [1.165, 1.54) is 12.0 Å². The topological polar surface area (TPSA) is 80.2 Å². The molecule has 1 aliphatic rings. The van der Waals surface area contributed by atoms with Crippen LogP contribution >= 0.6 is 11.6 Å². The Morgan fingerprint density at radius 2 is 1.79 bits per heavy atom. The molecule has 0 aliphatic carbocycles. The standard InChI is InChI=1S/C20H20ClN3O4/c1-23(12-18(25)22-16-11-13(21)7-8-17(16)28-2)9-10-24-19(26)14-5-3-4-6-15(14)20(24)27/h3-8,11H,9-10,12H2,1-2H3,(H,22,25)/p+1. The van der Waals surface area contributed by atoms with E-state index in [1.807, 2.05) is 7.05 Å². The number of rotatable bonds is 7. The lowest BCUT2D eigenvalue weighted by molar-refractivity contribution is -0.870. The molecule has 0 spiro atoms. The number of quaternary nitrogens is 1. The molecule has 146 valence electrons. The molecular weight excluding hydrogens is 382 g/mol. The average molecular weight is 403 g/mol. The molecule has 8 heteroatoms.